The summed E-state index contributed by atoms with van der Waals surface area (Å²) in [5.41, 5.74) is -0.328. The first-order chi connectivity index (χ1) is 11.0. The molecule has 0 heterocycles. The van der Waals surface area contributed by atoms with Gasteiger partial charge in [-0.3, -0.25) is 14.6 Å². The van der Waals surface area contributed by atoms with Crippen molar-refractivity contribution in [3.63, 3.8) is 0 Å². The normalized spacial score (nSPS) is 13.5. The molecule has 0 aromatic heterocycles. The molecule has 0 aliphatic rings. The molecular formula is C15H23ClNO5P. The lowest BCUT2D eigenvalue weighted by Gasteiger charge is -2.17. The van der Waals surface area contributed by atoms with Gasteiger partial charge in [-0.05, 0) is 18.6 Å². The van der Waals surface area contributed by atoms with Crippen LogP contribution in [0.4, 0.5) is 5.69 Å². The minimum atomic E-state index is -3.43. The van der Waals surface area contributed by atoms with Gasteiger partial charge in [0.1, 0.15) is 11.4 Å². The largest absolute Gasteiger partial charge is 0.424 e. The second-order valence-electron chi connectivity index (χ2n) is 5.17. The lowest BCUT2D eigenvalue weighted by atomic mass is 10.1. The number of nitro groups is 1. The van der Waals surface area contributed by atoms with Crippen LogP contribution in [0.15, 0.2) is 24.3 Å². The van der Waals surface area contributed by atoms with Crippen LogP contribution >= 0.6 is 19.2 Å². The number of hydrogen-bond acceptors (Lipinski definition) is 5. The summed E-state index contributed by atoms with van der Waals surface area (Å²) in [6.07, 6.45) is 6.56. The number of benzene rings is 1. The molecule has 0 amide bonds. The molecule has 0 aliphatic heterocycles. The number of nitrogens with zero attached hydrogens (tertiary/aromatic N) is 1. The Morgan fingerprint density at radius 2 is 1.74 bits per heavy atom. The monoisotopic (exact) mass is 363 g/mol. The molecule has 0 spiro atoms. The van der Waals surface area contributed by atoms with Gasteiger partial charge in [0.25, 0.3) is 5.69 Å². The van der Waals surface area contributed by atoms with E-state index < -0.39 is 12.5 Å². The number of unbranched alkanes of at least 4 members (excludes halogenated alkanes) is 5. The highest BCUT2D eigenvalue weighted by Gasteiger charge is 2.25. The van der Waals surface area contributed by atoms with Crippen LogP contribution in [0.2, 0.25) is 0 Å². The Morgan fingerprint density at radius 1 is 1.13 bits per heavy atom. The topological polar surface area (TPSA) is 78.7 Å². The van der Waals surface area contributed by atoms with E-state index in [9.17, 15) is 14.7 Å². The van der Waals surface area contributed by atoms with E-state index in [1.165, 1.54) is 43.5 Å². The lowest BCUT2D eigenvalue weighted by Crippen LogP contribution is -2.01. The van der Waals surface area contributed by atoms with Gasteiger partial charge in [-0.25, -0.2) is 4.57 Å². The van der Waals surface area contributed by atoms with Crippen molar-refractivity contribution < 1.29 is 18.5 Å². The number of nitro benzene ring substituents is 1. The van der Waals surface area contributed by atoms with Gasteiger partial charge in [0.2, 0.25) is 0 Å². The SMILES string of the molecule is CCCCCCCCOP(=O)(CCl)Oc1ccc([N+](=O)[O-])cc1. The first-order valence-corrected chi connectivity index (χ1v) is 10.0. The first-order valence-electron chi connectivity index (χ1n) is 7.74. The van der Waals surface area contributed by atoms with E-state index in [4.69, 9.17) is 20.6 Å². The van der Waals surface area contributed by atoms with E-state index in [-0.39, 0.29) is 17.1 Å². The molecule has 1 aromatic rings. The molecule has 0 saturated heterocycles. The van der Waals surface area contributed by atoms with Gasteiger partial charge < -0.3 is 4.52 Å². The highest BCUT2D eigenvalue weighted by atomic mass is 35.5. The van der Waals surface area contributed by atoms with Crippen molar-refractivity contribution in [1.82, 2.24) is 0 Å². The second-order valence-corrected chi connectivity index (χ2v) is 7.79. The van der Waals surface area contributed by atoms with Crippen LogP contribution < -0.4 is 4.52 Å². The number of alkyl halides is 1. The van der Waals surface area contributed by atoms with Gasteiger partial charge in [-0.2, -0.15) is 0 Å². The maximum Gasteiger partial charge on any atom is 0.393 e. The lowest BCUT2D eigenvalue weighted by molar-refractivity contribution is -0.384. The highest BCUT2D eigenvalue weighted by Crippen LogP contribution is 2.49. The number of rotatable bonds is 12. The van der Waals surface area contributed by atoms with Crippen molar-refractivity contribution in [1.29, 1.82) is 0 Å². The molecule has 0 saturated carbocycles. The fourth-order valence-corrected chi connectivity index (χ4v) is 3.33. The molecule has 1 rings (SSSR count). The van der Waals surface area contributed by atoms with Crippen LogP contribution in [-0.2, 0) is 9.09 Å². The minimum Gasteiger partial charge on any atom is -0.424 e. The van der Waals surface area contributed by atoms with Gasteiger partial charge >= 0.3 is 7.60 Å². The molecule has 130 valence electrons. The molecule has 0 aliphatic carbocycles. The zero-order valence-electron chi connectivity index (χ0n) is 13.3. The predicted molar refractivity (Wildman–Crippen MR) is 91.4 cm³/mol. The second kappa shape index (κ2) is 10.6. The number of hydrogen-bond donors (Lipinski definition) is 0. The van der Waals surface area contributed by atoms with E-state index >= 15 is 0 Å². The molecule has 8 heteroatoms. The van der Waals surface area contributed by atoms with Gasteiger partial charge in [0.15, 0.2) is 0 Å². The van der Waals surface area contributed by atoms with Crippen molar-refractivity contribution in [2.75, 3.05) is 12.2 Å². The average Bonchev–Trinajstić information content (AvgIpc) is 2.54. The molecule has 0 N–H and O–H groups in total. The molecular weight excluding hydrogens is 341 g/mol. The Balaban J connectivity index is 2.41. The summed E-state index contributed by atoms with van der Waals surface area (Å²) in [7, 11) is -3.43. The maximum absolute atomic E-state index is 12.4. The smallest absolute Gasteiger partial charge is 0.393 e. The summed E-state index contributed by atoms with van der Waals surface area (Å²) in [6, 6.07) is 5.32. The summed E-state index contributed by atoms with van der Waals surface area (Å²) >= 11 is 5.70. The van der Waals surface area contributed by atoms with Crippen molar-refractivity contribution in [3.05, 3.63) is 34.4 Å². The molecule has 0 bridgehead atoms. The third-order valence-electron chi connectivity index (χ3n) is 3.22. The number of non-ortho nitro benzene ring substituents is 1. The minimum absolute atomic E-state index is 0.0638. The van der Waals surface area contributed by atoms with Gasteiger partial charge in [-0.15, -0.1) is 11.6 Å². The van der Waals surface area contributed by atoms with Gasteiger partial charge in [0, 0.05) is 12.1 Å². The fourth-order valence-electron chi connectivity index (χ4n) is 1.96. The van der Waals surface area contributed by atoms with Crippen molar-refractivity contribution in [2.45, 2.75) is 45.4 Å². The Kier molecular flexibility index (Phi) is 9.22. The van der Waals surface area contributed by atoms with Crippen LogP contribution in [0.5, 0.6) is 5.75 Å². The predicted octanol–water partition coefficient (Wildman–Crippen LogP) is 5.74. The quantitative estimate of drug-likeness (QED) is 0.155. The zero-order chi connectivity index (χ0) is 17.1. The highest BCUT2D eigenvalue weighted by molar-refractivity contribution is 7.56. The van der Waals surface area contributed by atoms with Crippen LogP contribution in [0.3, 0.4) is 0 Å². The summed E-state index contributed by atoms with van der Waals surface area (Å²) in [6.45, 7) is 2.48. The van der Waals surface area contributed by atoms with Crippen LogP contribution in [0.25, 0.3) is 0 Å². The Labute approximate surface area is 141 Å². The Morgan fingerprint density at radius 3 is 2.30 bits per heavy atom. The first kappa shape index (κ1) is 19.9. The van der Waals surface area contributed by atoms with Crippen LogP contribution in [0.1, 0.15) is 45.4 Å². The summed E-state index contributed by atoms with van der Waals surface area (Å²) in [5, 5.41) is 10.6. The molecule has 23 heavy (non-hydrogen) atoms. The standard InChI is InChI=1S/C15H23ClNO5P/c1-2-3-4-5-6-7-12-21-23(20,13-16)22-15-10-8-14(9-11-15)17(18)19/h8-11H,2-7,12-13H2,1H3. The molecule has 1 unspecified atom stereocenters. The van der Waals surface area contributed by atoms with Gasteiger partial charge in [0.05, 0.1) is 11.5 Å². The Hall–Kier alpha value is -1.10. The summed E-state index contributed by atoms with van der Waals surface area (Å²) in [4.78, 5) is 10.1. The summed E-state index contributed by atoms with van der Waals surface area (Å²) in [5.74, 6) is 0.238. The van der Waals surface area contributed by atoms with E-state index in [0.29, 0.717) is 6.61 Å². The van der Waals surface area contributed by atoms with Crippen LogP contribution in [0, 0.1) is 10.1 Å². The van der Waals surface area contributed by atoms with Crippen LogP contribution in [-0.4, -0.2) is 17.2 Å². The Bertz CT molecular complexity index is 523. The van der Waals surface area contributed by atoms with E-state index in [2.05, 4.69) is 6.92 Å². The van der Waals surface area contributed by atoms with Gasteiger partial charge in [-0.1, -0.05) is 39.0 Å². The third-order valence-corrected chi connectivity index (χ3v) is 5.46. The fraction of sp³-hybridized carbons (Fsp3) is 0.600. The third kappa shape index (κ3) is 7.82. The summed E-state index contributed by atoms with van der Waals surface area (Å²) < 4.78 is 23.0. The maximum atomic E-state index is 12.4. The number of halogens is 1. The van der Waals surface area contributed by atoms with E-state index in [1.54, 1.807) is 0 Å². The molecule has 0 fully saturated rings. The van der Waals surface area contributed by atoms with E-state index in [1.807, 2.05) is 0 Å². The molecule has 6 nitrogen and oxygen atoms in total. The molecule has 1 aromatic carbocycles. The molecule has 1 atom stereocenters. The van der Waals surface area contributed by atoms with Crippen molar-refractivity contribution in [3.8, 4) is 5.75 Å². The average molecular weight is 364 g/mol. The zero-order valence-corrected chi connectivity index (χ0v) is 14.9. The van der Waals surface area contributed by atoms with E-state index in [0.717, 1.165) is 19.3 Å². The van der Waals surface area contributed by atoms with Crippen molar-refractivity contribution in [2.24, 2.45) is 0 Å². The van der Waals surface area contributed by atoms with Crippen molar-refractivity contribution >= 4 is 24.9 Å². The molecule has 0 radical (unpaired) electrons.